The molecular formula is C17H22N2O4. The number of rotatable bonds is 4. The van der Waals surface area contributed by atoms with Crippen LogP contribution in [0.25, 0.3) is 0 Å². The zero-order valence-electron chi connectivity index (χ0n) is 13.5. The van der Waals surface area contributed by atoms with Gasteiger partial charge in [-0.15, -0.1) is 0 Å². The smallest absolute Gasteiger partial charge is 0.338 e. The molecule has 1 aliphatic heterocycles. The van der Waals surface area contributed by atoms with E-state index < -0.39 is 12.1 Å². The maximum Gasteiger partial charge on any atom is 0.338 e. The lowest BCUT2D eigenvalue weighted by molar-refractivity contribution is -0.140. The van der Waals surface area contributed by atoms with Gasteiger partial charge in [0.25, 0.3) is 5.91 Å². The number of nitrogens with zero attached hydrogens (tertiary/aromatic N) is 1. The Morgan fingerprint density at radius 3 is 2.26 bits per heavy atom. The van der Waals surface area contributed by atoms with E-state index in [1.54, 1.807) is 36.1 Å². The Hall–Kier alpha value is -2.37. The Morgan fingerprint density at radius 2 is 1.70 bits per heavy atom. The van der Waals surface area contributed by atoms with Crippen LogP contribution in [0.2, 0.25) is 0 Å². The van der Waals surface area contributed by atoms with E-state index in [0.29, 0.717) is 11.3 Å². The van der Waals surface area contributed by atoms with Gasteiger partial charge in [-0.2, -0.15) is 0 Å². The number of hydrogen-bond acceptors (Lipinski definition) is 4. The van der Waals surface area contributed by atoms with Crippen LogP contribution in [0.5, 0.6) is 0 Å². The van der Waals surface area contributed by atoms with Crippen LogP contribution in [0.15, 0.2) is 24.3 Å². The van der Waals surface area contributed by atoms with Crippen molar-refractivity contribution >= 4 is 23.5 Å². The second-order valence-corrected chi connectivity index (χ2v) is 5.69. The monoisotopic (exact) mass is 318 g/mol. The Bertz CT molecular complexity index is 577. The van der Waals surface area contributed by atoms with Crippen molar-refractivity contribution in [2.24, 2.45) is 0 Å². The van der Waals surface area contributed by atoms with Crippen LogP contribution in [0.1, 0.15) is 43.5 Å². The van der Waals surface area contributed by atoms with E-state index in [9.17, 15) is 14.4 Å². The molecule has 124 valence electrons. The van der Waals surface area contributed by atoms with Crippen LogP contribution >= 0.6 is 0 Å². The average molecular weight is 318 g/mol. The highest BCUT2D eigenvalue weighted by molar-refractivity contribution is 5.93. The summed E-state index contributed by atoms with van der Waals surface area (Å²) in [5.41, 5.74) is 0.948. The number of nitrogens with one attached hydrogen (secondary N) is 1. The summed E-state index contributed by atoms with van der Waals surface area (Å²) in [5.74, 6) is -0.869. The van der Waals surface area contributed by atoms with E-state index in [1.165, 1.54) is 6.92 Å². The van der Waals surface area contributed by atoms with Crippen molar-refractivity contribution in [2.45, 2.75) is 39.2 Å². The van der Waals surface area contributed by atoms with Crippen molar-refractivity contribution in [1.29, 1.82) is 0 Å². The molecule has 0 aromatic heterocycles. The fraction of sp³-hybridized carbons (Fsp3) is 0.471. The number of amides is 2. The van der Waals surface area contributed by atoms with Crippen molar-refractivity contribution in [3.8, 4) is 0 Å². The first-order chi connectivity index (χ1) is 11.0. The van der Waals surface area contributed by atoms with Gasteiger partial charge in [-0.3, -0.25) is 9.59 Å². The van der Waals surface area contributed by atoms with Crippen LogP contribution in [0, 0.1) is 0 Å². The van der Waals surface area contributed by atoms with Crippen LogP contribution in [0.4, 0.5) is 5.69 Å². The van der Waals surface area contributed by atoms with E-state index in [2.05, 4.69) is 5.32 Å². The molecule has 1 fully saturated rings. The minimum Gasteiger partial charge on any atom is -0.449 e. The number of ether oxygens (including phenoxy) is 1. The third-order valence-electron chi connectivity index (χ3n) is 3.74. The summed E-state index contributed by atoms with van der Waals surface area (Å²) < 4.78 is 5.25. The van der Waals surface area contributed by atoms with Gasteiger partial charge >= 0.3 is 5.97 Å². The molecule has 1 aromatic carbocycles. The molecule has 23 heavy (non-hydrogen) atoms. The Morgan fingerprint density at radius 1 is 1.09 bits per heavy atom. The highest BCUT2D eigenvalue weighted by Crippen LogP contribution is 2.14. The molecule has 2 amide bonds. The molecule has 0 spiro atoms. The molecule has 6 nitrogen and oxygen atoms in total. The molecule has 0 radical (unpaired) electrons. The standard InChI is InChI=1S/C17H22N2O4/c1-12(16(21)19-10-4-3-5-11-19)23-17(22)14-6-8-15(9-7-14)18-13(2)20/h6-9,12H,3-5,10-11H2,1-2H3,(H,18,20)/t12-/m0/s1. The van der Waals surface area contributed by atoms with Gasteiger partial charge in [0.15, 0.2) is 6.10 Å². The van der Waals surface area contributed by atoms with Crippen LogP contribution in [-0.2, 0) is 14.3 Å². The first kappa shape index (κ1) is 17.0. The third kappa shape index (κ3) is 4.81. The first-order valence-corrected chi connectivity index (χ1v) is 7.85. The van der Waals surface area contributed by atoms with Gasteiger partial charge in [0.1, 0.15) is 0 Å². The van der Waals surface area contributed by atoms with E-state index in [-0.39, 0.29) is 11.8 Å². The second kappa shape index (κ2) is 7.76. The summed E-state index contributed by atoms with van der Waals surface area (Å²) in [6, 6.07) is 6.36. The molecule has 0 aliphatic carbocycles. The minimum absolute atomic E-state index is 0.145. The summed E-state index contributed by atoms with van der Waals surface area (Å²) in [4.78, 5) is 37.0. The minimum atomic E-state index is -0.796. The summed E-state index contributed by atoms with van der Waals surface area (Å²) >= 11 is 0. The van der Waals surface area contributed by atoms with Crippen molar-refractivity contribution in [3.05, 3.63) is 29.8 Å². The van der Waals surface area contributed by atoms with E-state index in [0.717, 1.165) is 32.4 Å². The van der Waals surface area contributed by atoms with E-state index in [4.69, 9.17) is 4.74 Å². The van der Waals surface area contributed by atoms with Crippen LogP contribution in [0.3, 0.4) is 0 Å². The van der Waals surface area contributed by atoms with Gasteiger partial charge in [0.05, 0.1) is 5.56 Å². The van der Waals surface area contributed by atoms with Crippen molar-refractivity contribution in [1.82, 2.24) is 4.90 Å². The topological polar surface area (TPSA) is 75.7 Å². The van der Waals surface area contributed by atoms with Crippen molar-refractivity contribution in [2.75, 3.05) is 18.4 Å². The average Bonchev–Trinajstić information content (AvgIpc) is 2.55. The van der Waals surface area contributed by atoms with Gasteiger partial charge in [-0.05, 0) is 50.5 Å². The lowest BCUT2D eigenvalue weighted by atomic mass is 10.1. The van der Waals surface area contributed by atoms with Gasteiger partial charge in [0.2, 0.25) is 5.91 Å². The quantitative estimate of drug-likeness (QED) is 0.864. The predicted octanol–water partition coefficient (Wildman–Crippen LogP) is 2.20. The van der Waals surface area contributed by atoms with Crippen LogP contribution < -0.4 is 5.32 Å². The number of piperidine rings is 1. The van der Waals surface area contributed by atoms with E-state index >= 15 is 0 Å². The summed E-state index contributed by atoms with van der Waals surface area (Å²) in [7, 11) is 0. The Balaban J connectivity index is 1.92. The maximum atomic E-state index is 12.2. The largest absolute Gasteiger partial charge is 0.449 e. The Kier molecular flexibility index (Phi) is 5.73. The highest BCUT2D eigenvalue weighted by atomic mass is 16.5. The summed E-state index contributed by atoms with van der Waals surface area (Å²) in [5, 5.41) is 2.62. The summed E-state index contributed by atoms with van der Waals surface area (Å²) in [6.45, 7) is 4.47. The van der Waals surface area contributed by atoms with Crippen molar-refractivity contribution < 1.29 is 19.1 Å². The summed E-state index contributed by atoms with van der Waals surface area (Å²) in [6.07, 6.45) is 2.34. The first-order valence-electron chi connectivity index (χ1n) is 7.85. The zero-order valence-corrected chi connectivity index (χ0v) is 13.5. The third-order valence-corrected chi connectivity index (χ3v) is 3.74. The fourth-order valence-electron chi connectivity index (χ4n) is 2.54. The normalized spacial score (nSPS) is 15.7. The number of carbonyl (C=O) groups is 3. The second-order valence-electron chi connectivity index (χ2n) is 5.69. The molecule has 1 saturated heterocycles. The molecule has 1 aromatic rings. The number of likely N-dealkylation sites (tertiary alicyclic amines) is 1. The number of hydrogen-bond donors (Lipinski definition) is 1. The molecule has 6 heteroatoms. The van der Waals surface area contributed by atoms with Gasteiger partial charge in [0, 0.05) is 25.7 Å². The molecule has 0 bridgehead atoms. The zero-order chi connectivity index (χ0) is 16.8. The van der Waals surface area contributed by atoms with Crippen molar-refractivity contribution in [3.63, 3.8) is 0 Å². The molecule has 0 unspecified atom stereocenters. The molecule has 2 rings (SSSR count). The SMILES string of the molecule is CC(=O)Nc1ccc(C(=O)O[C@@H](C)C(=O)N2CCCCC2)cc1. The fourth-order valence-corrected chi connectivity index (χ4v) is 2.54. The number of anilines is 1. The van der Waals surface area contributed by atoms with Gasteiger partial charge in [-0.1, -0.05) is 0 Å². The molecule has 1 heterocycles. The number of benzene rings is 1. The highest BCUT2D eigenvalue weighted by Gasteiger charge is 2.25. The predicted molar refractivity (Wildman–Crippen MR) is 86.1 cm³/mol. The molecule has 1 N–H and O–H groups in total. The molecule has 1 atom stereocenters. The number of esters is 1. The van der Waals surface area contributed by atoms with E-state index in [1.807, 2.05) is 0 Å². The lowest BCUT2D eigenvalue weighted by Crippen LogP contribution is -2.42. The molecule has 1 aliphatic rings. The van der Waals surface area contributed by atoms with Gasteiger partial charge < -0.3 is 15.0 Å². The Labute approximate surface area is 135 Å². The lowest BCUT2D eigenvalue weighted by Gasteiger charge is -2.28. The molecular weight excluding hydrogens is 296 g/mol. The molecule has 0 saturated carbocycles. The number of carbonyl (C=O) groups excluding carboxylic acids is 3. The van der Waals surface area contributed by atoms with Gasteiger partial charge in [-0.25, -0.2) is 4.79 Å². The maximum absolute atomic E-state index is 12.2. The van der Waals surface area contributed by atoms with Crippen LogP contribution in [-0.4, -0.2) is 41.9 Å².